The number of rotatable bonds is 6. The first kappa shape index (κ1) is 15.6. The van der Waals surface area contributed by atoms with E-state index in [1.54, 1.807) is 6.20 Å². The van der Waals surface area contributed by atoms with E-state index in [1.165, 1.54) is 32.1 Å². The molecule has 0 aliphatic heterocycles. The summed E-state index contributed by atoms with van der Waals surface area (Å²) in [6, 6.07) is 10.3. The third-order valence-electron chi connectivity index (χ3n) is 4.03. The van der Waals surface area contributed by atoms with Gasteiger partial charge < -0.3 is 15.4 Å². The Morgan fingerprint density at radius 2 is 1.87 bits per heavy atom. The van der Waals surface area contributed by atoms with Gasteiger partial charge in [-0.15, -0.1) is 0 Å². The van der Waals surface area contributed by atoms with Gasteiger partial charge in [-0.25, -0.2) is 4.98 Å². The van der Waals surface area contributed by atoms with Gasteiger partial charge in [-0.2, -0.15) is 4.98 Å². The van der Waals surface area contributed by atoms with Crippen LogP contribution in [-0.4, -0.2) is 22.6 Å². The number of nitrogens with one attached hydrogen (secondary N) is 2. The van der Waals surface area contributed by atoms with Crippen molar-refractivity contribution in [2.24, 2.45) is 0 Å². The molecule has 2 aromatic rings. The van der Waals surface area contributed by atoms with Crippen molar-refractivity contribution >= 4 is 17.5 Å². The summed E-state index contributed by atoms with van der Waals surface area (Å²) in [5.74, 6) is 2.37. The Bertz CT molecular complexity index is 609. The largest absolute Gasteiger partial charge is 0.494 e. The molecule has 3 rings (SSSR count). The van der Waals surface area contributed by atoms with E-state index >= 15 is 0 Å². The lowest BCUT2D eigenvalue weighted by atomic mass is 9.96. The van der Waals surface area contributed by atoms with Crippen LogP contribution in [0.1, 0.15) is 39.0 Å². The number of benzene rings is 1. The number of aromatic nitrogens is 2. The molecule has 1 aliphatic carbocycles. The van der Waals surface area contributed by atoms with Crippen molar-refractivity contribution in [1.29, 1.82) is 0 Å². The summed E-state index contributed by atoms with van der Waals surface area (Å²) in [6.45, 7) is 2.66. The number of anilines is 3. The summed E-state index contributed by atoms with van der Waals surface area (Å²) in [4.78, 5) is 8.89. The van der Waals surface area contributed by atoms with Gasteiger partial charge in [0.15, 0.2) is 0 Å². The summed E-state index contributed by atoms with van der Waals surface area (Å²) >= 11 is 0. The van der Waals surface area contributed by atoms with Crippen LogP contribution in [-0.2, 0) is 0 Å². The highest BCUT2D eigenvalue weighted by Gasteiger charge is 2.14. The lowest BCUT2D eigenvalue weighted by molar-refractivity contribution is 0.340. The Morgan fingerprint density at radius 3 is 2.61 bits per heavy atom. The van der Waals surface area contributed by atoms with Crippen molar-refractivity contribution in [3.05, 3.63) is 36.5 Å². The molecule has 1 aliphatic rings. The lowest BCUT2D eigenvalue weighted by Gasteiger charge is -2.22. The molecule has 0 saturated heterocycles. The molecule has 0 bridgehead atoms. The summed E-state index contributed by atoms with van der Waals surface area (Å²) in [6.07, 6.45) is 8.14. The minimum atomic E-state index is 0.504. The molecule has 0 unspecified atom stereocenters. The Morgan fingerprint density at radius 1 is 1.09 bits per heavy atom. The van der Waals surface area contributed by atoms with Crippen LogP contribution in [0.5, 0.6) is 5.75 Å². The Labute approximate surface area is 137 Å². The maximum absolute atomic E-state index is 5.45. The molecule has 2 N–H and O–H groups in total. The summed E-state index contributed by atoms with van der Waals surface area (Å²) < 4.78 is 5.45. The van der Waals surface area contributed by atoms with E-state index in [2.05, 4.69) is 20.6 Å². The monoisotopic (exact) mass is 312 g/mol. The molecule has 1 fully saturated rings. The lowest BCUT2D eigenvalue weighted by Crippen LogP contribution is -2.23. The van der Waals surface area contributed by atoms with E-state index in [4.69, 9.17) is 4.74 Å². The van der Waals surface area contributed by atoms with Crippen molar-refractivity contribution in [1.82, 2.24) is 9.97 Å². The van der Waals surface area contributed by atoms with Crippen LogP contribution < -0.4 is 15.4 Å². The molecule has 23 heavy (non-hydrogen) atoms. The highest BCUT2D eigenvalue weighted by Crippen LogP contribution is 2.22. The SMILES string of the molecule is CCOc1ccc(Nc2ccnc(NC3CCCCC3)n2)cc1. The van der Waals surface area contributed by atoms with E-state index in [0.717, 1.165) is 17.3 Å². The molecular formula is C18H24N4O. The van der Waals surface area contributed by atoms with Crippen molar-refractivity contribution in [3.8, 4) is 5.75 Å². The quantitative estimate of drug-likeness (QED) is 0.829. The normalized spacial score (nSPS) is 15.2. The van der Waals surface area contributed by atoms with Gasteiger partial charge in [-0.3, -0.25) is 0 Å². The second-order valence-corrected chi connectivity index (χ2v) is 5.83. The van der Waals surface area contributed by atoms with Crippen LogP contribution in [0.3, 0.4) is 0 Å². The fourth-order valence-corrected chi connectivity index (χ4v) is 2.88. The first-order chi connectivity index (χ1) is 11.3. The molecule has 1 saturated carbocycles. The molecule has 0 radical (unpaired) electrons. The van der Waals surface area contributed by atoms with Crippen LogP contribution >= 0.6 is 0 Å². The molecule has 0 spiro atoms. The molecule has 1 aromatic heterocycles. The minimum absolute atomic E-state index is 0.504. The van der Waals surface area contributed by atoms with E-state index in [9.17, 15) is 0 Å². The third kappa shape index (κ3) is 4.58. The maximum Gasteiger partial charge on any atom is 0.224 e. The van der Waals surface area contributed by atoms with Gasteiger partial charge in [-0.05, 0) is 50.1 Å². The topological polar surface area (TPSA) is 59.1 Å². The average Bonchev–Trinajstić information content (AvgIpc) is 2.58. The zero-order valence-corrected chi connectivity index (χ0v) is 13.6. The number of nitrogens with zero attached hydrogens (tertiary/aromatic N) is 2. The molecule has 122 valence electrons. The molecule has 0 amide bonds. The smallest absolute Gasteiger partial charge is 0.224 e. The Balaban J connectivity index is 1.62. The molecule has 1 heterocycles. The molecule has 5 heteroatoms. The third-order valence-corrected chi connectivity index (χ3v) is 4.03. The molecule has 1 aromatic carbocycles. The van der Waals surface area contributed by atoms with Gasteiger partial charge in [0.25, 0.3) is 0 Å². The van der Waals surface area contributed by atoms with Crippen molar-refractivity contribution in [2.75, 3.05) is 17.2 Å². The van der Waals surface area contributed by atoms with Gasteiger partial charge in [0.2, 0.25) is 5.95 Å². The average molecular weight is 312 g/mol. The highest BCUT2D eigenvalue weighted by molar-refractivity contribution is 5.57. The maximum atomic E-state index is 5.45. The van der Waals surface area contributed by atoms with Crippen LogP contribution in [0.15, 0.2) is 36.5 Å². The first-order valence-corrected chi connectivity index (χ1v) is 8.43. The van der Waals surface area contributed by atoms with Crippen LogP contribution in [0.25, 0.3) is 0 Å². The number of hydrogen-bond donors (Lipinski definition) is 2. The van der Waals surface area contributed by atoms with Gasteiger partial charge in [-0.1, -0.05) is 19.3 Å². The molecule has 0 atom stereocenters. The molecule has 5 nitrogen and oxygen atoms in total. The summed E-state index contributed by atoms with van der Waals surface area (Å²) in [5, 5.41) is 6.75. The van der Waals surface area contributed by atoms with E-state index < -0.39 is 0 Å². The van der Waals surface area contributed by atoms with E-state index in [0.29, 0.717) is 18.6 Å². The summed E-state index contributed by atoms with van der Waals surface area (Å²) in [5.41, 5.74) is 0.982. The first-order valence-electron chi connectivity index (χ1n) is 8.43. The van der Waals surface area contributed by atoms with Gasteiger partial charge >= 0.3 is 0 Å². The second kappa shape index (κ2) is 7.81. The van der Waals surface area contributed by atoms with E-state index in [-0.39, 0.29) is 0 Å². The van der Waals surface area contributed by atoms with Crippen molar-refractivity contribution in [2.45, 2.75) is 45.1 Å². The van der Waals surface area contributed by atoms with Crippen LogP contribution in [0.4, 0.5) is 17.5 Å². The van der Waals surface area contributed by atoms with Crippen LogP contribution in [0.2, 0.25) is 0 Å². The van der Waals surface area contributed by atoms with Crippen molar-refractivity contribution in [3.63, 3.8) is 0 Å². The number of ether oxygens (including phenoxy) is 1. The van der Waals surface area contributed by atoms with Crippen LogP contribution in [0, 0.1) is 0 Å². The van der Waals surface area contributed by atoms with Gasteiger partial charge in [0.05, 0.1) is 6.61 Å². The van der Waals surface area contributed by atoms with Gasteiger partial charge in [0.1, 0.15) is 11.6 Å². The Kier molecular flexibility index (Phi) is 5.29. The second-order valence-electron chi connectivity index (χ2n) is 5.83. The highest BCUT2D eigenvalue weighted by atomic mass is 16.5. The van der Waals surface area contributed by atoms with Gasteiger partial charge in [0, 0.05) is 17.9 Å². The fraction of sp³-hybridized carbons (Fsp3) is 0.444. The predicted molar refractivity (Wildman–Crippen MR) is 93.4 cm³/mol. The number of hydrogen-bond acceptors (Lipinski definition) is 5. The zero-order valence-electron chi connectivity index (χ0n) is 13.6. The zero-order chi connectivity index (χ0) is 15.9. The molecular weight excluding hydrogens is 288 g/mol. The minimum Gasteiger partial charge on any atom is -0.494 e. The van der Waals surface area contributed by atoms with Crippen molar-refractivity contribution < 1.29 is 4.74 Å². The predicted octanol–water partition coefficient (Wildman–Crippen LogP) is 4.36. The standard InChI is InChI=1S/C18H24N4O/c1-2-23-16-10-8-15(9-11-16)20-17-12-13-19-18(22-17)21-14-6-4-3-5-7-14/h8-14H,2-7H2,1H3,(H2,19,20,21,22). The van der Waals surface area contributed by atoms with E-state index in [1.807, 2.05) is 37.3 Å². The Hall–Kier alpha value is -2.30. The fourth-order valence-electron chi connectivity index (χ4n) is 2.88. The summed E-state index contributed by atoms with van der Waals surface area (Å²) in [7, 11) is 0.